The number of para-hydroxylation sites is 1. The van der Waals surface area contributed by atoms with Crippen LogP contribution in [0, 0.1) is 13.8 Å². The van der Waals surface area contributed by atoms with Gasteiger partial charge in [0.15, 0.2) is 6.10 Å². The molecule has 0 heterocycles. The molecule has 3 heteroatoms. The van der Waals surface area contributed by atoms with Gasteiger partial charge in [-0.3, -0.25) is 4.79 Å². The summed E-state index contributed by atoms with van der Waals surface area (Å²) in [6, 6.07) is 15.3. The normalized spacial score (nSPS) is 11.8. The molecule has 0 saturated carbocycles. The van der Waals surface area contributed by atoms with Gasteiger partial charge in [-0.1, -0.05) is 37.3 Å². The number of ether oxygens (including phenoxy) is 1. The molecule has 1 atom stereocenters. The van der Waals surface area contributed by atoms with Crippen LogP contribution in [0.15, 0.2) is 48.5 Å². The molecule has 0 aromatic heterocycles. The van der Waals surface area contributed by atoms with Gasteiger partial charge in [0, 0.05) is 5.69 Å². The van der Waals surface area contributed by atoms with Crippen LogP contribution in [0.4, 0.5) is 5.69 Å². The van der Waals surface area contributed by atoms with E-state index in [4.69, 9.17) is 4.74 Å². The molecule has 21 heavy (non-hydrogen) atoms. The van der Waals surface area contributed by atoms with Crippen LogP contribution in [-0.2, 0) is 4.79 Å². The summed E-state index contributed by atoms with van der Waals surface area (Å²) in [5.74, 6) is 0.593. The number of rotatable bonds is 5. The van der Waals surface area contributed by atoms with E-state index in [9.17, 15) is 4.79 Å². The Morgan fingerprint density at radius 2 is 1.81 bits per heavy atom. The van der Waals surface area contributed by atoms with Gasteiger partial charge in [-0.2, -0.15) is 0 Å². The zero-order valence-electron chi connectivity index (χ0n) is 12.7. The van der Waals surface area contributed by atoms with Crippen LogP contribution in [0.2, 0.25) is 0 Å². The Labute approximate surface area is 126 Å². The molecule has 2 rings (SSSR count). The third-order valence-corrected chi connectivity index (χ3v) is 3.55. The van der Waals surface area contributed by atoms with Gasteiger partial charge in [-0.05, 0) is 49.6 Å². The highest BCUT2D eigenvalue weighted by Crippen LogP contribution is 2.19. The molecule has 1 amide bonds. The van der Waals surface area contributed by atoms with Crippen LogP contribution in [-0.4, -0.2) is 12.0 Å². The van der Waals surface area contributed by atoms with E-state index in [1.807, 2.05) is 69.3 Å². The van der Waals surface area contributed by atoms with E-state index < -0.39 is 6.10 Å². The van der Waals surface area contributed by atoms with E-state index in [2.05, 4.69) is 5.32 Å². The summed E-state index contributed by atoms with van der Waals surface area (Å²) < 4.78 is 5.76. The average Bonchev–Trinajstić information content (AvgIpc) is 2.50. The van der Waals surface area contributed by atoms with Crippen molar-refractivity contribution < 1.29 is 9.53 Å². The predicted molar refractivity (Wildman–Crippen MR) is 85.7 cm³/mol. The van der Waals surface area contributed by atoms with Gasteiger partial charge in [0.1, 0.15) is 5.75 Å². The standard InChI is InChI=1S/C18H21NO2/c1-4-17(21-15-10-6-5-7-11-15)18(20)19-16-12-8-9-13(2)14(16)3/h5-12,17H,4H2,1-3H3,(H,19,20)/t17-/m1/s1. The number of hydrogen-bond acceptors (Lipinski definition) is 2. The lowest BCUT2D eigenvalue weighted by Gasteiger charge is -2.18. The largest absolute Gasteiger partial charge is 0.481 e. The van der Waals surface area contributed by atoms with E-state index in [-0.39, 0.29) is 5.91 Å². The van der Waals surface area contributed by atoms with Gasteiger partial charge in [0.2, 0.25) is 0 Å². The molecule has 0 radical (unpaired) electrons. The minimum absolute atomic E-state index is 0.116. The van der Waals surface area contributed by atoms with E-state index in [0.717, 1.165) is 16.8 Å². The van der Waals surface area contributed by atoms with Crippen molar-refractivity contribution in [3.63, 3.8) is 0 Å². The summed E-state index contributed by atoms with van der Waals surface area (Å²) in [5.41, 5.74) is 3.08. The quantitative estimate of drug-likeness (QED) is 0.897. The van der Waals surface area contributed by atoms with Crippen molar-refractivity contribution in [2.45, 2.75) is 33.3 Å². The molecule has 0 aliphatic carbocycles. The van der Waals surface area contributed by atoms with Crippen molar-refractivity contribution in [1.29, 1.82) is 0 Å². The third-order valence-electron chi connectivity index (χ3n) is 3.55. The number of benzene rings is 2. The second kappa shape index (κ2) is 6.93. The van der Waals surface area contributed by atoms with Crippen molar-refractivity contribution in [2.75, 3.05) is 5.32 Å². The van der Waals surface area contributed by atoms with Gasteiger partial charge >= 0.3 is 0 Å². The van der Waals surface area contributed by atoms with Crippen LogP contribution in [0.25, 0.3) is 0 Å². The van der Waals surface area contributed by atoms with E-state index in [1.165, 1.54) is 0 Å². The molecular formula is C18H21NO2. The van der Waals surface area contributed by atoms with Gasteiger partial charge < -0.3 is 10.1 Å². The molecule has 0 saturated heterocycles. The van der Waals surface area contributed by atoms with Crippen LogP contribution in [0.3, 0.4) is 0 Å². The Morgan fingerprint density at radius 3 is 2.48 bits per heavy atom. The summed E-state index contributed by atoms with van der Waals surface area (Å²) in [6.07, 6.45) is 0.123. The fourth-order valence-corrected chi connectivity index (χ4v) is 2.09. The molecular weight excluding hydrogens is 262 g/mol. The highest BCUT2D eigenvalue weighted by molar-refractivity contribution is 5.95. The summed E-state index contributed by atoms with van der Waals surface area (Å²) in [6.45, 7) is 5.98. The van der Waals surface area contributed by atoms with Crippen molar-refractivity contribution in [3.05, 3.63) is 59.7 Å². The SMILES string of the molecule is CC[C@@H](Oc1ccccc1)C(=O)Nc1cccc(C)c1C. The fraction of sp³-hybridized carbons (Fsp3) is 0.278. The number of carbonyl (C=O) groups is 1. The Bertz CT molecular complexity index is 608. The third kappa shape index (κ3) is 3.85. The maximum absolute atomic E-state index is 12.4. The molecule has 110 valence electrons. The lowest BCUT2D eigenvalue weighted by molar-refractivity contribution is -0.122. The van der Waals surface area contributed by atoms with Crippen molar-refractivity contribution in [2.24, 2.45) is 0 Å². The van der Waals surface area contributed by atoms with Crippen LogP contribution in [0.1, 0.15) is 24.5 Å². The maximum atomic E-state index is 12.4. The zero-order chi connectivity index (χ0) is 15.2. The molecule has 3 nitrogen and oxygen atoms in total. The lowest BCUT2D eigenvalue weighted by Crippen LogP contribution is -2.32. The van der Waals surface area contributed by atoms with E-state index in [0.29, 0.717) is 12.2 Å². The Morgan fingerprint density at radius 1 is 1.10 bits per heavy atom. The Kier molecular flexibility index (Phi) is 4.99. The van der Waals surface area contributed by atoms with Crippen LogP contribution >= 0.6 is 0 Å². The number of hydrogen-bond donors (Lipinski definition) is 1. The van der Waals surface area contributed by atoms with Gasteiger partial charge in [-0.25, -0.2) is 0 Å². The van der Waals surface area contributed by atoms with E-state index in [1.54, 1.807) is 0 Å². The molecule has 0 spiro atoms. The van der Waals surface area contributed by atoms with Crippen LogP contribution in [0.5, 0.6) is 5.75 Å². The number of amides is 1. The predicted octanol–water partition coefficient (Wildman–Crippen LogP) is 4.10. The molecule has 1 N–H and O–H groups in total. The molecule has 0 fully saturated rings. The molecule has 2 aromatic rings. The smallest absolute Gasteiger partial charge is 0.265 e. The van der Waals surface area contributed by atoms with Crippen molar-refractivity contribution in [1.82, 2.24) is 0 Å². The molecule has 0 unspecified atom stereocenters. The van der Waals surface area contributed by atoms with Crippen molar-refractivity contribution in [3.8, 4) is 5.75 Å². The molecule has 0 bridgehead atoms. The van der Waals surface area contributed by atoms with E-state index >= 15 is 0 Å². The minimum atomic E-state index is -0.493. The first-order chi connectivity index (χ1) is 10.1. The van der Waals surface area contributed by atoms with Crippen LogP contribution < -0.4 is 10.1 Å². The van der Waals surface area contributed by atoms with Crippen molar-refractivity contribution >= 4 is 11.6 Å². The lowest BCUT2D eigenvalue weighted by atomic mass is 10.1. The number of anilines is 1. The Hall–Kier alpha value is -2.29. The average molecular weight is 283 g/mol. The highest BCUT2D eigenvalue weighted by atomic mass is 16.5. The number of nitrogens with one attached hydrogen (secondary N) is 1. The van der Waals surface area contributed by atoms with Gasteiger partial charge in [0.25, 0.3) is 5.91 Å². The number of aryl methyl sites for hydroxylation is 1. The summed E-state index contributed by atoms with van der Waals surface area (Å²) in [5, 5.41) is 2.96. The zero-order valence-corrected chi connectivity index (χ0v) is 12.7. The topological polar surface area (TPSA) is 38.3 Å². The monoisotopic (exact) mass is 283 g/mol. The summed E-state index contributed by atoms with van der Waals surface area (Å²) in [4.78, 5) is 12.4. The van der Waals surface area contributed by atoms with Gasteiger partial charge in [-0.15, -0.1) is 0 Å². The molecule has 0 aliphatic rings. The first-order valence-corrected chi connectivity index (χ1v) is 7.20. The maximum Gasteiger partial charge on any atom is 0.265 e. The Balaban J connectivity index is 2.08. The first-order valence-electron chi connectivity index (χ1n) is 7.20. The minimum Gasteiger partial charge on any atom is -0.481 e. The summed E-state index contributed by atoms with van der Waals surface area (Å²) >= 11 is 0. The highest BCUT2D eigenvalue weighted by Gasteiger charge is 2.19. The van der Waals surface area contributed by atoms with Gasteiger partial charge in [0.05, 0.1) is 0 Å². The molecule has 0 aliphatic heterocycles. The first kappa shape index (κ1) is 15.1. The second-order valence-electron chi connectivity index (χ2n) is 5.06. The second-order valence-corrected chi connectivity index (χ2v) is 5.06. The number of carbonyl (C=O) groups excluding carboxylic acids is 1. The fourth-order valence-electron chi connectivity index (χ4n) is 2.09. The molecule has 2 aromatic carbocycles. The summed E-state index contributed by atoms with van der Waals surface area (Å²) in [7, 11) is 0.